The number of nitrogens with one attached hydrogen (secondary N) is 1. The Kier molecular flexibility index (Phi) is 3.81. The summed E-state index contributed by atoms with van der Waals surface area (Å²) in [5.74, 6) is 0.349. The van der Waals surface area contributed by atoms with E-state index in [0.29, 0.717) is 5.76 Å². The SMILES string of the molecule is CN(C(=O)c1cc2cccc(Br)c2o1)C1CCCNC1. The molecular weight excluding hydrogens is 320 g/mol. The number of fused-ring (bicyclic) bond motifs is 1. The van der Waals surface area contributed by atoms with Crippen molar-refractivity contribution in [3.05, 3.63) is 34.5 Å². The van der Waals surface area contributed by atoms with Crippen LogP contribution in [0.4, 0.5) is 0 Å². The molecule has 20 heavy (non-hydrogen) atoms. The maximum Gasteiger partial charge on any atom is 0.289 e. The zero-order valence-electron chi connectivity index (χ0n) is 11.4. The van der Waals surface area contributed by atoms with Gasteiger partial charge in [-0.2, -0.15) is 0 Å². The largest absolute Gasteiger partial charge is 0.450 e. The van der Waals surface area contributed by atoms with Crippen molar-refractivity contribution in [2.24, 2.45) is 0 Å². The van der Waals surface area contributed by atoms with Crippen LogP contribution in [0.15, 0.2) is 33.2 Å². The van der Waals surface area contributed by atoms with Crippen molar-refractivity contribution in [2.45, 2.75) is 18.9 Å². The first-order valence-corrected chi connectivity index (χ1v) is 7.62. The lowest BCUT2D eigenvalue weighted by molar-refractivity contribution is 0.0678. The third-order valence-electron chi connectivity index (χ3n) is 3.85. The average molecular weight is 337 g/mol. The molecule has 1 fully saturated rings. The fourth-order valence-corrected chi connectivity index (χ4v) is 3.10. The predicted octanol–water partition coefficient (Wildman–Crippen LogP) is 3.02. The highest BCUT2D eigenvalue weighted by atomic mass is 79.9. The zero-order chi connectivity index (χ0) is 14.1. The Hall–Kier alpha value is -1.33. The number of halogens is 1. The molecular formula is C15H17BrN2O2. The molecule has 1 saturated heterocycles. The van der Waals surface area contributed by atoms with Gasteiger partial charge in [0.2, 0.25) is 0 Å². The van der Waals surface area contributed by atoms with Crippen LogP contribution in [0.3, 0.4) is 0 Å². The summed E-state index contributed by atoms with van der Waals surface area (Å²) < 4.78 is 6.59. The summed E-state index contributed by atoms with van der Waals surface area (Å²) in [5, 5.41) is 4.27. The van der Waals surface area contributed by atoms with Gasteiger partial charge in [-0.1, -0.05) is 12.1 Å². The molecule has 2 aromatic rings. The number of benzene rings is 1. The summed E-state index contributed by atoms with van der Waals surface area (Å²) in [6.07, 6.45) is 2.15. The first kappa shape index (κ1) is 13.6. The summed E-state index contributed by atoms with van der Waals surface area (Å²) in [6.45, 7) is 1.89. The van der Waals surface area contributed by atoms with Gasteiger partial charge in [0.15, 0.2) is 5.76 Å². The fraction of sp³-hybridized carbons (Fsp3) is 0.400. The number of amides is 1. The van der Waals surface area contributed by atoms with E-state index in [0.717, 1.165) is 41.4 Å². The Balaban J connectivity index is 1.86. The lowest BCUT2D eigenvalue weighted by atomic mass is 10.1. The van der Waals surface area contributed by atoms with Crippen molar-refractivity contribution in [3.8, 4) is 0 Å². The summed E-state index contributed by atoms with van der Waals surface area (Å²) >= 11 is 3.44. The van der Waals surface area contributed by atoms with Crippen LogP contribution in [0.1, 0.15) is 23.4 Å². The highest BCUT2D eigenvalue weighted by Crippen LogP contribution is 2.27. The monoisotopic (exact) mass is 336 g/mol. The molecule has 1 aliphatic rings. The first-order valence-electron chi connectivity index (χ1n) is 6.83. The van der Waals surface area contributed by atoms with E-state index >= 15 is 0 Å². The van der Waals surface area contributed by atoms with Gasteiger partial charge >= 0.3 is 0 Å². The highest BCUT2D eigenvalue weighted by Gasteiger charge is 2.25. The minimum absolute atomic E-state index is 0.0539. The van der Waals surface area contributed by atoms with Gasteiger partial charge in [-0.25, -0.2) is 0 Å². The average Bonchev–Trinajstić information content (AvgIpc) is 2.92. The molecule has 0 saturated carbocycles. The smallest absolute Gasteiger partial charge is 0.289 e. The van der Waals surface area contributed by atoms with E-state index in [2.05, 4.69) is 21.2 Å². The van der Waals surface area contributed by atoms with Crippen molar-refractivity contribution in [1.82, 2.24) is 10.2 Å². The normalized spacial score (nSPS) is 19.2. The van der Waals surface area contributed by atoms with Gasteiger partial charge in [0, 0.05) is 25.0 Å². The number of furan rings is 1. The Labute approximate surface area is 126 Å². The van der Waals surface area contributed by atoms with Gasteiger partial charge in [0.1, 0.15) is 5.58 Å². The third kappa shape index (κ3) is 2.47. The number of piperidine rings is 1. The van der Waals surface area contributed by atoms with E-state index in [1.165, 1.54) is 0 Å². The molecule has 2 heterocycles. The summed E-state index contributed by atoms with van der Waals surface area (Å²) in [5.41, 5.74) is 0.728. The van der Waals surface area contributed by atoms with Crippen LogP contribution in [0.2, 0.25) is 0 Å². The molecule has 1 amide bonds. The van der Waals surface area contributed by atoms with Crippen molar-refractivity contribution >= 4 is 32.8 Å². The van der Waals surface area contributed by atoms with Gasteiger partial charge in [0.25, 0.3) is 5.91 Å². The topological polar surface area (TPSA) is 45.5 Å². The number of likely N-dealkylation sites (N-methyl/N-ethyl adjacent to an activating group) is 1. The Bertz CT molecular complexity index is 632. The number of nitrogens with zero attached hydrogens (tertiary/aromatic N) is 1. The predicted molar refractivity (Wildman–Crippen MR) is 81.9 cm³/mol. The number of para-hydroxylation sites is 1. The van der Waals surface area contributed by atoms with Gasteiger partial charge in [-0.3, -0.25) is 4.79 Å². The number of rotatable bonds is 2. The quantitative estimate of drug-likeness (QED) is 0.916. The molecule has 1 aliphatic heterocycles. The van der Waals surface area contributed by atoms with E-state index in [9.17, 15) is 4.79 Å². The summed E-state index contributed by atoms with van der Waals surface area (Å²) in [6, 6.07) is 7.85. The van der Waals surface area contributed by atoms with Gasteiger partial charge in [-0.15, -0.1) is 0 Å². The highest BCUT2D eigenvalue weighted by molar-refractivity contribution is 9.10. The molecule has 0 aliphatic carbocycles. The molecule has 4 nitrogen and oxygen atoms in total. The van der Waals surface area contributed by atoms with E-state index in [4.69, 9.17) is 4.42 Å². The lowest BCUT2D eigenvalue weighted by Gasteiger charge is -2.31. The number of hydrogen-bond donors (Lipinski definition) is 1. The molecule has 1 unspecified atom stereocenters. The van der Waals surface area contributed by atoms with E-state index < -0.39 is 0 Å². The molecule has 1 N–H and O–H groups in total. The number of carbonyl (C=O) groups excluding carboxylic acids is 1. The molecule has 0 spiro atoms. The van der Waals surface area contributed by atoms with Crippen LogP contribution < -0.4 is 5.32 Å². The van der Waals surface area contributed by atoms with E-state index in [1.54, 1.807) is 4.90 Å². The minimum Gasteiger partial charge on any atom is -0.450 e. The first-order chi connectivity index (χ1) is 9.66. The molecule has 0 radical (unpaired) electrons. The Morgan fingerprint density at radius 2 is 2.35 bits per heavy atom. The molecule has 1 aromatic carbocycles. The van der Waals surface area contributed by atoms with Gasteiger partial charge in [0.05, 0.1) is 4.47 Å². The van der Waals surface area contributed by atoms with E-state index in [1.807, 2.05) is 31.3 Å². The molecule has 0 bridgehead atoms. The van der Waals surface area contributed by atoms with Crippen LogP contribution in [0.5, 0.6) is 0 Å². The second-order valence-corrected chi connectivity index (χ2v) is 6.04. The maximum atomic E-state index is 12.5. The minimum atomic E-state index is -0.0539. The third-order valence-corrected chi connectivity index (χ3v) is 4.47. The Morgan fingerprint density at radius 3 is 3.05 bits per heavy atom. The number of hydrogen-bond acceptors (Lipinski definition) is 3. The van der Waals surface area contributed by atoms with Crippen LogP contribution in [-0.4, -0.2) is 37.0 Å². The molecule has 1 atom stereocenters. The molecule has 3 rings (SSSR count). The summed E-state index contributed by atoms with van der Waals surface area (Å²) in [4.78, 5) is 14.3. The molecule has 106 valence electrons. The molecule has 5 heteroatoms. The fourth-order valence-electron chi connectivity index (χ4n) is 2.64. The van der Waals surface area contributed by atoms with Crippen LogP contribution in [0.25, 0.3) is 11.0 Å². The van der Waals surface area contributed by atoms with Crippen molar-refractivity contribution in [2.75, 3.05) is 20.1 Å². The van der Waals surface area contributed by atoms with Crippen LogP contribution >= 0.6 is 15.9 Å². The van der Waals surface area contributed by atoms with Gasteiger partial charge in [-0.05, 0) is 47.4 Å². The van der Waals surface area contributed by atoms with Crippen molar-refractivity contribution in [3.63, 3.8) is 0 Å². The lowest BCUT2D eigenvalue weighted by Crippen LogP contribution is -2.46. The maximum absolute atomic E-state index is 12.5. The van der Waals surface area contributed by atoms with Crippen molar-refractivity contribution in [1.29, 1.82) is 0 Å². The van der Waals surface area contributed by atoms with Crippen molar-refractivity contribution < 1.29 is 9.21 Å². The second kappa shape index (κ2) is 5.58. The van der Waals surface area contributed by atoms with Crippen LogP contribution in [-0.2, 0) is 0 Å². The Morgan fingerprint density at radius 1 is 1.50 bits per heavy atom. The summed E-state index contributed by atoms with van der Waals surface area (Å²) in [7, 11) is 1.85. The zero-order valence-corrected chi connectivity index (χ0v) is 12.9. The standard InChI is InChI=1S/C15H17BrN2O2/c1-18(11-5-3-7-17-9-11)15(19)13-8-10-4-2-6-12(16)14(10)20-13/h2,4,6,8,11,17H,3,5,7,9H2,1H3. The molecule has 1 aromatic heterocycles. The van der Waals surface area contributed by atoms with E-state index in [-0.39, 0.29) is 11.9 Å². The second-order valence-electron chi connectivity index (χ2n) is 5.19. The van der Waals surface area contributed by atoms with Gasteiger partial charge < -0.3 is 14.6 Å². The van der Waals surface area contributed by atoms with Crippen LogP contribution in [0, 0.1) is 0 Å². The number of carbonyl (C=O) groups is 1.